The Morgan fingerprint density at radius 2 is 1.75 bits per heavy atom. The van der Waals surface area contributed by atoms with Crippen LogP contribution in [0.25, 0.3) is 0 Å². The molecular weight excluding hydrogens is 256 g/mol. The van der Waals surface area contributed by atoms with Gasteiger partial charge in [-0.05, 0) is 24.8 Å². The van der Waals surface area contributed by atoms with Crippen LogP contribution in [-0.4, -0.2) is 18.0 Å². The molecular formula is C16H22O4. The number of rotatable bonds is 7. The van der Waals surface area contributed by atoms with Crippen LogP contribution in [0.5, 0.6) is 0 Å². The second-order valence-electron chi connectivity index (χ2n) is 5.16. The lowest BCUT2D eigenvalue weighted by atomic mass is 10.1. The molecule has 110 valence electrons. The Labute approximate surface area is 120 Å². The van der Waals surface area contributed by atoms with Crippen LogP contribution in [0.2, 0.25) is 0 Å². The van der Waals surface area contributed by atoms with Crippen molar-refractivity contribution < 1.29 is 19.1 Å². The maximum Gasteiger partial charge on any atom is 0.347 e. The minimum absolute atomic E-state index is 0.188. The standard InChI is InChI=1S/C16H22O4/c1-12(2)9-10-15(17)20-13(3)16(18)19-11-14-7-5-4-6-8-14/h4-8,12-13H,9-11H2,1-3H3/t13-/m1/s1. The lowest BCUT2D eigenvalue weighted by molar-refractivity contribution is -0.167. The van der Waals surface area contributed by atoms with E-state index in [0.29, 0.717) is 12.3 Å². The van der Waals surface area contributed by atoms with Gasteiger partial charge in [-0.15, -0.1) is 0 Å². The second-order valence-corrected chi connectivity index (χ2v) is 5.16. The van der Waals surface area contributed by atoms with Crippen molar-refractivity contribution in [3.05, 3.63) is 35.9 Å². The molecule has 1 atom stereocenters. The normalized spacial score (nSPS) is 12.0. The summed E-state index contributed by atoms with van der Waals surface area (Å²) in [6.07, 6.45) is 0.219. The molecule has 1 rings (SSSR count). The van der Waals surface area contributed by atoms with Gasteiger partial charge in [0.1, 0.15) is 6.61 Å². The summed E-state index contributed by atoms with van der Waals surface area (Å²) in [5.41, 5.74) is 0.902. The van der Waals surface area contributed by atoms with E-state index in [4.69, 9.17) is 9.47 Å². The van der Waals surface area contributed by atoms with Gasteiger partial charge in [-0.1, -0.05) is 44.2 Å². The van der Waals surface area contributed by atoms with Crippen LogP contribution in [0, 0.1) is 5.92 Å². The summed E-state index contributed by atoms with van der Waals surface area (Å²) in [6, 6.07) is 9.38. The zero-order chi connectivity index (χ0) is 15.0. The average Bonchev–Trinajstić information content (AvgIpc) is 2.43. The van der Waals surface area contributed by atoms with E-state index in [1.54, 1.807) is 0 Å². The quantitative estimate of drug-likeness (QED) is 0.719. The van der Waals surface area contributed by atoms with Crippen LogP contribution in [0.1, 0.15) is 39.2 Å². The van der Waals surface area contributed by atoms with Gasteiger partial charge in [-0.2, -0.15) is 0 Å². The van der Waals surface area contributed by atoms with Gasteiger partial charge in [0, 0.05) is 6.42 Å². The number of benzene rings is 1. The predicted octanol–water partition coefficient (Wildman–Crippen LogP) is 3.10. The smallest absolute Gasteiger partial charge is 0.347 e. The van der Waals surface area contributed by atoms with E-state index in [9.17, 15) is 9.59 Å². The number of ether oxygens (including phenoxy) is 2. The monoisotopic (exact) mass is 278 g/mol. The SMILES string of the molecule is CC(C)CCC(=O)O[C@H](C)C(=O)OCc1ccccc1. The summed E-state index contributed by atoms with van der Waals surface area (Å²) >= 11 is 0. The highest BCUT2D eigenvalue weighted by Gasteiger charge is 2.19. The maximum absolute atomic E-state index is 11.7. The van der Waals surface area contributed by atoms with E-state index < -0.39 is 12.1 Å². The largest absolute Gasteiger partial charge is 0.458 e. The van der Waals surface area contributed by atoms with Crippen LogP contribution in [-0.2, 0) is 25.7 Å². The molecule has 0 aromatic heterocycles. The van der Waals surface area contributed by atoms with Crippen LogP contribution >= 0.6 is 0 Å². The summed E-state index contributed by atoms with van der Waals surface area (Å²) in [6.45, 7) is 5.78. The molecule has 0 fully saturated rings. The lowest BCUT2D eigenvalue weighted by Gasteiger charge is -2.13. The Morgan fingerprint density at radius 3 is 2.35 bits per heavy atom. The summed E-state index contributed by atoms with van der Waals surface area (Å²) in [4.78, 5) is 23.2. The van der Waals surface area contributed by atoms with E-state index in [-0.39, 0.29) is 12.6 Å². The van der Waals surface area contributed by atoms with Crippen molar-refractivity contribution in [1.29, 1.82) is 0 Å². The van der Waals surface area contributed by atoms with Crippen molar-refractivity contribution >= 4 is 11.9 Å². The summed E-state index contributed by atoms with van der Waals surface area (Å²) in [5.74, 6) is -0.447. The highest BCUT2D eigenvalue weighted by atomic mass is 16.6. The highest BCUT2D eigenvalue weighted by molar-refractivity contribution is 5.79. The van der Waals surface area contributed by atoms with Gasteiger partial charge >= 0.3 is 11.9 Å². The molecule has 0 saturated carbocycles. The van der Waals surface area contributed by atoms with Crippen molar-refractivity contribution in [2.24, 2.45) is 5.92 Å². The van der Waals surface area contributed by atoms with Gasteiger partial charge in [-0.25, -0.2) is 4.79 Å². The van der Waals surface area contributed by atoms with Crippen LogP contribution in [0.15, 0.2) is 30.3 Å². The Morgan fingerprint density at radius 1 is 1.10 bits per heavy atom. The molecule has 4 heteroatoms. The Hall–Kier alpha value is -1.84. The van der Waals surface area contributed by atoms with E-state index in [1.165, 1.54) is 6.92 Å². The van der Waals surface area contributed by atoms with E-state index in [2.05, 4.69) is 0 Å². The Kier molecular flexibility index (Phi) is 6.77. The van der Waals surface area contributed by atoms with Gasteiger partial charge in [0.05, 0.1) is 0 Å². The fourth-order valence-corrected chi connectivity index (χ4v) is 1.56. The summed E-state index contributed by atoms with van der Waals surface area (Å²) in [7, 11) is 0. The minimum atomic E-state index is -0.863. The average molecular weight is 278 g/mol. The topological polar surface area (TPSA) is 52.6 Å². The molecule has 1 aromatic rings. The maximum atomic E-state index is 11.7. The number of esters is 2. The summed E-state index contributed by atoms with van der Waals surface area (Å²) in [5, 5.41) is 0. The molecule has 0 saturated heterocycles. The zero-order valence-corrected chi connectivity index (χ0v) is 12.3. The molecule has 0 amide bonds. The third-order valence-corrected chi connectivity index (χ3v) is 2.79. The first kappa shape index (κ1) is 16.2. The van der Waals surface area contributed by atoms with Crippen molar-refractivity contribution in [2.45, 2.75) is 46.3 Å². The molecule has 20 heavy (non-hydrogen) atoms. The Balaban J connectivity index is 2.30. The van der Waals surface area contributed by atoms with Crippen molar-refractivity contribution in [3.63, 3.8) is 0 Å². The molecule has 0 bridgehead atoms. The molecule has 0 radical (unpaired) electrons. The highest BCUT2D eigenvalue weighted by Crippen LogP contribution is 2.07. The lowest BCUT2D eigenvalue weighted by Crippen LogP contribution is -2.26. The van der Waals surface area contributed by atoms with Gasteiger partial charge in [0.15, 0.2) is 6.10 Å². The third-order valence-electron chi connectivity index (χ3n) is 2.79. The predicted molar refractivity (Wildman–Crippen MR) is 75.9 cm³/mol. The first-order valence-corrected chi connectivity index (χ1v) is 6.89. The second kappa shape index (κ2) is 8.35. The molecule has 0 heterocycles. The third kappa shape index (κ3) is 6.36. The van der Waals surface area contributed by atoms with Crippen molar-refractivity contribution in [1.82, 2.24) is 0 Å². The number of hydrogen-bond donors (Lipinski definition) is 0. The first-order chi connectivity index (χ1) is 9.49. The van der Waals surface area contributed by atoms with E-state index >= 15 is 0 Å². The molecule has 0 aliphatic heterocycles. The van der Waals surface area contributed by atoms with Gasteiger partial charge < -0.3 is 9.47 Å². The van der Waals surface area contributed by atoms with E-state index in [1.807, 2.05) is 44.2 Å². The first-order valence-electron chi connectivity index (χ1n) is 6.89. The fourth-order valence-electron chi connectivity index (χ4n) is 1.56. The molecule has 0 aliphatic carbocycles. The van der Waals surface area contributed by atoms with Gasteiger partial charge in [0.2, 0.25) is 0 Å². The van der Waals surface area contributed by atoms with Crippen LogP contribution < -0.4 is 0 Å². The van der Waals surface area contributed by atoms with E-state index in [0.717, 1.165) is 12.0 Å². The van der Waals surface area contributed by atoms with Gasteiger partial charge in [0.25, 0.3) is 0 Å². The van der Waals surface area contributed by atoms with Gasteiger partial charge in [-0.3, -0.25) is 4.79 Å². The number of carbonyl (C=O) groups is 2. The number of carbonyl (C=O) groups excluding carboxylic acids is 2. The molecule has 0 N–H and O–H groups in total. The van der Waals surface area contributed by atoms with Crippen molar-refractivity contribution in [2.75, 3.05) is 0 Å². The fraction of sp³-hybridized carbons (Fsp3) is 0.500. The molecule has 0 spiro atoms. The molecule has 1 aromatic carbocycles. The van der Waals surface area contributed by atoms with Crippen LogP contribution in [0.4, 0.5) is 0 Å². The Bertz CT molecular complexity index is 425. The van der Waals surface area contributed by atoms with Crippen molar-refractivity contribution in [3.8, 4) is 0 Å². The van der Waals surface area contributed by atoms with Crippen LogP contribution in [0.3, 0.4) is 0 Å². The molecule has 0 unspecified atom stereocenters. The number of hydrogen-bond acceptors (Lipinski definition) is 4. The summed E-state index contributed by atoms with van der Waals surface area (Å²) < 4.78 is 10.1. The zero-order valence-electron chi connectivity index (χ0n) is 12.3. The molecule has 4 nitrogen and oxygen atoms in total. The minimum Gasteiger partial charge on any atom is -0.458 e. The molecule has 0 aliphatic rings.